The first-order valence-corrected chi connectivity index (χ1v) is 6.22. The van der Waals surface area contributed by atoms with E-state index in [9.17, 15) is 9.59 Å². The fourth-order valence-electron chi connectivity index (χ4n) is 1.75. The SMILES string of the molecule is CC1C(=O)NCC(=O)N1c1ccc(Br)cc1Cl. The fourth-order valence-corrected chi connectivity index (χ4v) is 2.51. The van der Waals surface area contributed by atoms with Gasteiger partial charge in [-0.05, 0) is 25.1 Å². The number of hydrogen-bond acceptors (Lipinski definition) is 2. The molecule has 1 aliphatic rings. The first kappa shape index (κ1) is 12.4. The maximum atomic E-state index is 11.8. The molecule has 1 aromatic rings. The Balaban J connectivity index is 2.43. The lowest BCUT2D eigenvalue weighted by atomic mass is 10.1. The summed E-state index contributed by atoms with van der Waals surface area (Å²) in [6, 6.07) is 4.66. The topological polar surface area (TPSA) is 49.4 Å². The zero-order valence-corrected chi connectivity index (χ0v) is 11.4. The van der Waals surface area contributed by atoms with Gasteiger partial charge < -0.3 is 5.32 Å². The summed E-state index contributed by atoms with van der Waals surface area (Å²) in [5.74, 6) is -0.343. The highest BCUT2D eigenvalue weighted by atomic mass is 79.9. The van der Waals surface area contributed by atoms with Crippen molar-refractivity contribution in [2.24, 2.45) is 0 Å². The van der Waals surface area contributed by atoms with E-state index in [0.29, 0.717) is 10.7 Å². The number of carbonyl (C=O) groups is 2. The molecule has 17 heavy (non-hydrogen) atoms. The lowest BCUT2D eigenvalue weighted by molar-refractivity contribution is -0.130. The number of benzene rings is 1. The van der Waals surface area contributed by atoms with E-state index in [1.165, 1.54) is 4.90 Å². The normalized spacial score (nSPS) is 20.4. The molecule has 0 radical (unpaired) electrons. The maximum Gasteiger partial charge on any atom is 0.247 e. The third kappa shape index (κ3) is 2.30. The molecular formula is C11H10BrClN2O2. The number of piperazine rings is 1. The number of carbonyl (C=O) groups excluding carboxylic acids is 2. The van der Waals surface area contributed by atoms with Crippen LogP contribution in [0.25, 0.3) is 0 Å². The van der Waals surface area contributed by atoms with Gasteiger partial charge in [-0.15, -0.1) is 0 Å². The van der Waals surface area contributed by atoms with Gasteiger partial charge in [0, 0.05) is 4.47 Å². The van der Waals surface area contributed by atoms with Crippen molar-refractivity contribution in [3.05, 3.63) is 27.7 Å². The summed E-state index contributed by atoms with van der Waals surface area (Å²) in [6.45, 7) is 1.68. The number of nitrogens with zero attached hydrogens (tertiary/aromatic N) is 1. The van der Waals surface area contributed by atoms with Crippen LogP contribution in [0.5, 0.6) is 0 Å². The Hall–Kier alpha value is -1.07. The maximum absolute atomic E-state index is 11.8. The average Bonchev–Trinajstić information content (AvgIpc) is 2.27. The molecule has 2 rings (SSSR count). The van der Waals surface area contributed by atoms with Crippen molar-refractivity contribution in [3.63, 3.8) is 0 Å². The molecule has 6 heteroatoms. The lowest BCUT2D eigenvalue weighted by Crippen LogP contribution is -2.57. The smallest absolute Gasteiger partial charge is 0.247 e. The Morgan fingerprint density at radius 3 is 2.82 bits per heavy atom. The second kappa shape index (κ2) is 4.66. The first-order valence-electron chi connectivity index (χ1n) is 5.05. The van der Waals surface area contributed by atoms with E-state index in [0.717, 1.165) is 4.47 Å². The van der Waals surface area contributed by atoms with Crippen LogP contribution in [-0.2, 0) is 9.59 Å². The average molecular weight is 318 g/mol. The quantitative estimate of drug-likeness (QED) is 0.861. The number of amides is 2. The molecule has 1 atom stereocenters. The van der Waals surface area contributed by atoms with Crippen molar-refractivity contribution < 1.29 is 9.59 Å². The molecule has 0 spiro atoms. The minimum absolute atomic E-state index is 0.00949. The molecule has 2 amide bonds. The molecule has 0 aromatic heterocycles. The molecule has 90 valence electrons. The highest BCUT2D eigenvalue weighted by Gasteiger charge is 2.33. The summed E-state index contributed by atoms with van der Waals surface area (Å²) in [5, 5.41) is 2.97. The molecule has 1 saturated heterocycles. The van der Waals surface area contributed by atoms with Crippen molar-refractivity contribution in [2.45, 2.75) is 13.0 Å². The number of hydrogen-bond donors (Lipinski definition) is 1. The van der Waals surface area contributed by atoms with Gasteiger partial charge in [-0.3, -0.25) is 14.5 Å². The van der Waals surface area contributed by atoms with Crippen LogP contribution in [0.2, 0.25) is 5.02 Å². The molecule has 1 fully saturated rings. The van der Waals surface area contributed by atoms with Crippen molar-refractivity contribution in [2.75, 3.05) is 11.4 Å². The zero-order valence-electron chi connectivity index (χ0n) is 9.04. The Kier molecular flexibility index (Phi) is 3.40. The van der Waals surface area contributed by atoms with Crippen LogP contribution in [0.3, 0.4) is 0 Å². The second-order valence-corrected chi connectivity index (χ2v) is 5.08. The van der Waals surface area contributed by atoms with Gasteiger partial charge in [-0.1, -0.05) is 27.5 Å². The highest BCUT2D eigenvalue weighted by molar-refractivity contribution is 9.10. The van der Waals surface area contributed by atoms with Gasteiger partial charge in [0.25, 0.3) is 0 Å². The van der Waals surface area contributed by atoms with Crippen molar-refractivity contribution in [1.82, 2.24) is 5.32 Å². The highest BCUT2D eigenvalue weighted by Crippen LogP contribution is 2.31. The van der Waals surface area contributed by atoms with Crippen LogP contribution in [-0.4, -0.2) is 24.4 Å². The van der Waals surface area contributed by atoms with E-state index in [1.807, 2.05) is 0 Å². The number of rotatable bonds is 1. The van der Waals surface area contributed by atoms with Crippen molar-refractivity contribution >= 4 is 45.0 Å². The molecular weight excluding hydrogens is 307 g/mol. The number of nitrogens with one attached hydrogen (secondary N) is 1. The van der Waals surface area contributed by atoms with Gasteiger partial charge in [0.1, 0.15) is 6.04 Å². The van der Waals surface area contributed by atoms with E-state index < -0.39 is 6.04 Å². The largest absolute Gasteiger partial charge is 0.345 e. The summed E-state index contributed by atoms with van der Waals surface area (Å²) >= 11 is 9.38. The summed E-state index contributed by atoms with van der Waals surface area (Å²) < 4.78 is 0.827. The summed E-state index contributed by atoms with van der Waals surface area (Å²) in [5.41, 5.74) is 0.558. The van der Waals surface area contributed by atoms with Crippen LogP contribution in [0, 0.1) is 0 Å². The Bertz CT molecular complexity index is 492. The molecule has 0 bridgehead atoms. The van der Waals surface area contributed by atoms with Gasteiger partial charge in [0.2, 0.25) is 11.8 Å². The van der Waals surface area contributed by atoms with Gasteiger partial charge >= 0.3 is 0 Å². The third-order valence-corrected chi connectivity index (χ3v) is 3.41. The molecule has 1 N–H and O–H groups in total. The van der Waals surface area contributed by atoms with Gasteiger partial charge in [0.05, 0.1) is 17.3 Å². The second-order valence-electron chi connectivity index (χ2n) is 3.75. The van der Waals surface area contributed by atoms with Gasteiger partial charge in [-0.25, -0.2) is 0 Å². The first-order chi connectivity index (χ1) is 8.00. The molecule has 1 unspecified atom stereocenters. The Labute approximate surface area is 112 Å². The molecule has 0 saturated carbocycles. The number of halogens is 2. The minimum Gasteiger partial charge on any atom is -0.345 e. The number of anilines is 1. The third-order valence-electron chi connectivity index (χ3n) is 2.62. The fraction of sp³-hybridized carbons (Fsp3) is 0.273. The Morgan fingerprint density at radius 1 is 1.47 bits per heavy atom. The van der Waals surface area contributed by atoms with E-state index in [4.69, 9.17) is 11.6 Å². The van der Waals surface area contributed by atoms with Crippen LogP contribution in [0.4, 0.5) is 5.69 Å². The molecule has 1 heterocycles. The minimum atomic E-state index is -0.546. The van der Waals surface area contributed by atoms with Crippen LogP contribution in [0.1, 0.15) is 6.92 Å². The lowest BCUT2D eigenvalue weighted by Gasteiger charge is -2.33. The van der Waals surface area contributed by atoms with E-state index in [1.54, 1.807) is 25.1 Å². The van der Waals surface area contributed by atoms with Crippen LogP contribution < -0.4 is 10.2 Å². The molecule has 1 aromatic carbocycles. The predicted octanol–water partition coefficient (Wildman–Crippen LogP) is 1.95. The van der Waals surface area contributed by atoms with Gasteiger partial charge in [0.15, 0.2) is 0 Å². The Morgan fingerprint density at radius 2 is 2.18 bits per heavy atom. The predicted molar refractivity (Wildman–Crippen MR) is 69.1 cm³/mol. The van der Waals surface area contributed by atoms with E-state index in [-0.39, 0.29) is 18.4 Å². The summed E-state index contributed by atoms with van der Waals surface area (Å²) in [7, 11) is 0. The van der Waals surface area contributed by atoms with Crippen molar-refractivity contribution in [1.29, 1.82) is 0 Å². The molecule has 0 aliphatic carbocycles. The monoisotopic (exact) mass is 316 g/mol. The molecule has 4 nitrogen and oxygen atoms in total. The standard InChI is InChI=1S/C11H10BrClN2O2/c1-6-11(17)14-5-10(16)15(6)9-3-2-7(12)4-8(9)13/h2-4,6H,5H2,1H3,(H,14,17). The van der Waals surface area contributed by atoms with Crippen molar-refractivity contribution in [3.8, 4) is 0 Å². The van der Waals surface area contributed by atoms with Gasteiger partial charge in [-0.2, -0.15) is 0 Å². The van der Waals surface area contributed by atoms with Crippen LogP contribution in [0.15, 0.2) is 22.7 Å². The summed E-state index contributed by atoms with van der Waals surface area (Å²) in [6.07, 6.45) is 0. The van der Waals surface area contributed by atoms with Crippen LogP contribution >= 0.6 is 27.5 Å². The van der Waals surface area contributed by atoms with E-state index in [2.05, 4.69) is 21.2 Å². The van der Waals surface area contributed by atoms with E-state index >= 15 is 0 Å². The zero-order chi connectivity index (χ0) is 12.6. The summed E-state index contributed by atoms with van der Waals surface area (Å²) in [4.78, 5) is 24.8. The molecule has 1 aliphatic heterocycles.